The molecule has 0 aliphatic carbocycles. The van der Waals surface area contributed by atoms with Crippen LogP contribution in [0.4, 0.5) is 13.2 Å². The maximum absolute atomic E-state index is 12.7. The van der Waals surface area contributed by atoms with Crippen LogP contribution in [0.3, 0.4) is 0 Å². The Labute approximate surface area is 146 Å². The Bertz CT molecular complexity index is 909. The zero-order valence-corrected chi connectivity index (χ0v) is 13.3. The molecule has 6 nitrogen and oxygen atoms in total. The van der Waals surface area contributed by atoms with Crippen LogP contribution < -0.4 is 4.74 Å². The zero-order chi connectivity index (χ0) is 18.6. The minimum Gasteiger partial charge on any atom is -0.486 e. The van der Waals surface area contributed by atoms with Gasteiger partial charge in [-0.1, -0.05) is 6.07 Å². The molecule has 0 amide bonds. The lowest BCUT2D eigenvalue weighted by Crippen LogP contribution is -2.19. The fraction of sp³-hybridized carbons (Fsp3) is 0.176. The van der Waals surface area contributed by atoms with E-state index >= 15 is 0 Å². The van der Waals surface area contributed by atoms with Gasteiger partial charge in [0.25, 0.3) is 0 Å². The number of nitrogens with zero attached hydrogens (tertiary/aromatic N) is 4. The lowest BCUT2D eigenvalue weighted by atomic mass is 10.1. The second-order valence-electron chi connectivity index (χ2n) is 5.29. The molecule has 0 saturated heterocycles. The van der Waals surface area contributed by atoms with Gasteiger partial charge in [-0.15, -0.1) is 0 Å². The van der Waals surface area contributed by atoms with E-state index in [2.05, 4.69) is 15.1 Å². The van der Waals surface area contributed by atoms with Crippen LogP contribution >= 0.6 is 0 Å². The number of carbonyl (C=O) groups is 1. The molecular weight excluding hydrogens is 349 g/mol. The van der Waals surface area contributed by atoms with E-state index in [9.17, 15) is 18.0 Å². The van der Waals surface area contributed by atoms with E-state index in [-0.39, 0.29) is 23.7 Å². The molecule has 0 fully saturated rings. The average molecular weight is 362 g/mol. The maximum atomic E-state index is 12.7. The summed E-state index contributed by atoms with van der Waals surface area (Å²) in [6, 6.07) is 7.99. The number of rotatable bonds is 6. The third kappa shape index (κ3) is 4.05. The third-order valence-corrected chi connectivity index (χ3v) is 3.47. The highest BCUT2D eigenvalue weighted by Crippen LogP contribution is 2.26. The van der Waals surface area contributed by atoms with E-state index in [0.29, 0.717) is 17.5 Å². The van der Waals surface area contributed by atoms with Crippen LogP contribution in [0.5, 0.6) is 5.75 Å². The van der Waals surface area contributed by atoms with Gasteiger partial charge in [-0.2, -0.15) is 18.3 Å². The standard InChI is InChI=1S/C17H13F3N4O2/c18-17(19,20)11-24-14(5-8-23-24)16-12(3-1-7-22-16)10-26-15-4-2-6-21-13(15)9-25/h1-9H,10-11H2. The summed E-state index contributed by atoms with van der Waals surface area (Å²) in [6.07, 6.45) is 0.386. The Morgan fingerprint density at radius 3 is 2.62 bits per heavy atom. The van der Waals surface area contributed by atoms with Gasteiger partial charge in [0, 0.05) is 24.2 Å². The van der Waals surface area contributed by atoms with Crippen molar-refractivity contribution in [3.05, 3.63) is 60.2 Å². The van der Waals surface area contributed by atoms with Crippen molar-refractivity contribution < 1.29 is 22.7 Å². The van der Waals surface area contributed by atoms with Crippen LogP contribution in [-0.4, -0.2) is 32.2 Å². The highest BCUT2D eigenvalue weighted by atomic mass is 19.4. The van der Waals surface area contributed by atoms with Crippen molar-refractivity contribution in [2.24, 2.45) is 0 Å². The van der Waals surface area contributed by atoms with Crippen molar-refractivity contribution in [2.75, 3.05) is 0 Å². The Kier molecular flexibility index (Phi) is 4.97. The second-order valence-corrected chi connectivity index (χ2v) is 5.29. The monoisotopic (exact) mass is 362 g/mol. The van der Waals surface area contributed by atoms with Crippen LogP contribution in [0.25, 0.3) is 11.4 Å². The van der Waals surface area contributed by atoms with Gasteiger partial charge in [0.1, 0.15) is 24.6 Å². The molecule has 0 unspecified atom stereocenters. The molecule has 3 aromatic rings. The van der Waals surface area contributed by atoms with E-state index < -0.39 is 12.7 Å². The number of pyridine rings is 2. The highest BCUT2D eigenvalue weighted by molar-refractivity contribution is 5.76. The van der Waals surface area contributed by atoms with Crippen LogP contribution in [-0.2, 0) is 13.2 Å². The molecule has 0 aliphatic heterocycles. The largest absolute Gasteiger partial charge is 0.486 e. The van der Waals surface area contributed by atoms with Crippen LogP contribution in [0.1, 0.15) is 16.1 Å². The highest BCUT2D eigenvalue weighted by Gasteiger charge is 2.30. The number of halogens is 3. The SMILES string of the molecule is O=Cc1ncccc1OCc1cccnc1-c1ccnn1CC(F)(F)F. The summed E-state index contributed by atoms with van der Waals surface area (Å²) in [5.41, 5.74) is 1.24. The van der Waals surface area contributed by atoms with Crippen molar-refractivity contribution in [1.82, 2.24) is 19.7 Å². The van der Waals surface area contributed by atoms with Crippen molar-refractivity contribution in [1.29, 1.82) is 0 Å². The lowest BCUT2D eigenvalue weighted by molar-refractivity contribution is -0.142. The van der Waals surface area contributed by atoms with Gasteiger partial charge in [0.05, 0.1) is 11.4 Å². The smallest absolute Gasteiger partial charge is 0.408 e. The second kappa shape index (κ2) is 7.34. The number of carbonyl (C=O) groups excluding carboxylic acids is 1. The van der Waals surface area contributed by atoms with Crippen molar-refractivity contribution in [2.45, 2.75) is 19.3 Å². The van der Waals surface area contributed by atoms with Crippen LogP contribution in [0.2, 0.25) is 0 Å². The molecule has 9 heteroatoms. The van der Waals surface area contributed by atoms with Gasteiger partial charge in [-0.3, -0.25) is 14.5 Å². The van der Waals surface area contributed by atoms with E-state index in [1.54, 1.807) is 24.3 Å². The van der Waals surface area contributed by atoms with Gasteiger partial charge < -0.3 is 4.74 Å². The predicted molar refractivity (Wildman–Crippen MR) is 85.5 cm³/mol. The molecule has 26 heavy (non-hydrogen) atoms. The predicted octanol–water partition coefficient (Wildman–Crippen LogP) is 3.29. The van der Waals surface area contributed by atoms with E-state index in [0.717, 1.165) is 4.68 Å². The third-order valence-electron chi connectivity index (χ3n) is 3.47. The summed E-state index contributed by atoms with van der Waals surface area (Å²) in [5, 5.41) is 3.72. The molecule has 0 aromatic carbocycles. The van der Waals surface area contributed by atoms with Gasteiger partial charge in [0.2, 0.25) is 0 Å². The number of aromatic nitrogens is 4. The summed E-state index contributed by atoms with van der Waals surface area (Å²) in [7, 11) is 0. The molecule has 0 radical (unpaired) electrons. The first-order valence-electron chi connectivity index (χ1n) is 7.54. The fourth-order valence-corrected chi connectivity index (χ4v) is 2.38. The number of hydrogen-bond donors (Lipinski definition) is 0. The maximum Gasteiger partial charge on any atom is 0.408 e. The van der Waals surface area contributed by atoms with E-state index in [1.165, 1.54) is 24.7 Å². The fourth-order valence-electron chi connectivity index (χ4n) is 2.38. The summed E-state index contributed by atoms with van der Waals surface area (Å²) >= 11 is 0. The lowest BCUT2D eigenvalue weighted by Gasteiger charge is -2.13. The Balaban J connectivity index is 1.88. The summed E-state index contributed by atoms with van der Waals surface area (Å²) in [5.74, 6) is 0.279. The molecule has 0 N–H and O–H groups in total. The normalized spacial score (nSPS) is 11.3. The Morgan fingerprint density at radius 1 is 1.08 bits per heavy atom. The molecular formula is C17H13F3N4O2. The van der Waals surface area contributed by atoms with Crippen molar-refractivity contribution >= 4 is 6.29 Å². The van der Waals surface area contributed by atoms with Crippen molar-refractivity contribution in [3.8, 4) is 17.1 Å². The van der Waals surface area contributed by atoms with Gasteiger partial charge in [-0.25, -0.2) is 4.98 Å². The zero-order valence-electron chi connectivity index (χ0n) is 13.3. The summed E-state index contributed by atoms with van der Waals surface area (Å²) in [4.78, 5) is 19.1. The first-order valence-corrected chi connectivity index (χ1v) is 7.54. The van der Waals surface area contributed by atoms with Gasteiger partial charge in [-0.05, 0) is 24.3 Å². The van der Waals surface area contributed by atoms with Gasteiger partial charge >= 0.3 is 6.18 Å². The molecule has 0 atom stereocenters. The molecule has 3 rings (SSSR count). The molecule has 134 valence electrons. The quantitative estimate of drug-likeness (QED) is 0.630. The molecule has 0 saturated carbocycles. The summed E-state index contributed by atoms with van der Waals surface area (Å²) < 4.78 is 44.6. The molecule has 0 bridgehead atoms. The molecule has 3 heterocycles. The Hall–Kier alpha value is -3.23. The molecule has 0 aliphatic rings. The number of alkyl halides is 3. The number of hydrogen-bond acceptors (Lipinski definition) is 5. The first kappa shape index (κ1) is 17.6. The molecule has 0 spiro atoms. The van der Waals surface area contributed by atoms with Crippen molar-refractivity contribution in [3.63, 3.8) is 0 Å². The first-order chi connectivity index (χ1) is 12.5. The van der Waals surface area contributed by atoms with E-state index in [1.807, 2.05) is 0 Å². The van der Waals surface area contributed by atoms with Crippen LogP contribution in [0, 0.1) is 0 Å². The Morgan fingerprint density at radius 2 is 1.85 bits per heavy atom. The minimum atomic E-state index is -4.40. The average Bonchev–Trinajstić information content (AvgIpc) is 3.06. The molecule has 3 aromatic heterocycles. The topological polar surface area (TPSA) is 69.9 Å². The number of aldehydes is 1. The number of ether oxygens (including phenoxy) is 1. The minimum absolute atomic E-state index is 0.00685. The van der Waals surface area contributed by atoms with Gasteiger partial charge in [0.15, 0.2) is 6.29 Å². The van der Waals surface area contributed by atoms with Crippen LogP contribution in [0.15, 0.2) is 48.9 Å². The van der Waals surface area contributed by atoms with E-state index in [4.69, 9.17) is 4.74 Å². The summed E-state index contributed by atoms with van der Waals surface area (Å²) in [6.45, 7) is -1.21.